The van der Waals surface area contributed by atoms with Crippen LogP contribution in [0.25, 0.3) is 0 Å². The lowest BCUT2D eigenvalue weighted by Crippen LogP contribution is -2.47. The minimum absolute atomic E-state index is 0.0443. The summed E-state index contributed by atoms with van der Waals surface area (Å²) in [6.45, 7) is 0.945. The molecule has 1 heterocycles. The Balaban J connectivity index is 1.32. The molecule has 33 heavy (non-hydrogen) atoms. The van der Waals surface area contributed by atoms with Crippen molar-refractivity contribution >= 4 is 17.8 Å². The second kappa shape index (κ2) is 11.1. The Morgan fingerprint density at radius 1 is 0.879 bits per heavy atom. The third kappa shape index (κ3) is 7.46. The standard InChI is InChI=1S/C25H32N4O4/c30-23(28-25(32)27-20-5-2-1-3-6-20)17-29(16-22-7-4-14-33-22)15-18-8-10-19(11-9-18)24(31)26-21-12-13-21/h4,7-11,14,20-21H,1-3,5-6,12-13,15-17H2,(H,26,31)(H2,27,28,30,32). The Morgan fingerprint density at radius 2 is 1.61 bits per heavy atom. The summed E-state index contributed by atoms with van der Waals surface area (Å²) in [5.74, 6) is 0.310. The van der Waals surface area contributed by atoms with Crippen LogP contribution in [0.5, 0.6) is 0 Å². The largest absolute Gasteiger partial charge is 0.468 e. The van der Waals surface area contributed by atoms with Gasteiger partial charge >= 0.3 is 6.03 Å². The number of hydrogen-bond acceptors (Lipinski definition) is 5. The van der Waals surface area contributed by atoms with Gasteiger partial charge in [-0.1, -0.05) is 31.4 Å². The van der Waals surface area contributed by atoms with Crippen LogP contribution in [0, 0.1) is 0 Å². The molecule has 0 bridgehead atoms. The molecule has 2 fully saturated rings. The number of imide groups is 1. The van der Waals surface area contributed by atoms with Gasteiger partial charge in [0.15, 0.2) is 0 Å². The highest BCUT2D eigenvalue weighted by Gasteiger charge is 2.24. The van der Waals surface area contributed by atoms with Crippen LogP contribution in [-0.2, 0) is 17.9 Å². The average molecular weight is 453 g/mol. The molecule has 1 aromatic heterocycles. The van der Waals surface area contributed by atoms with Crippen molar-refractivity contribution in [1.29, 1.82) is 0 Å². The molecule has 0 aliphatic heterocycles. The average Bonchev–Trinajstić information content (AvgIpc) is 3.46. The lowest BCUT2D eigenvalue weighted by Gasteiger charge is -2.24. The summed E-state index contributed by atoms with van der Waals surface area (Å²) < 4.78 is 5.45. The first kappa shape index (κ1) is 23.0. The molecular formula is C25H32N4O4. The number of furan rings is 1. The molecule has 176 valence electrons. The molecule has 2 aliphatic carbocycles. The van der Waals surface area contributed by atoms with Crippen molar-refractivity contribution in [2.45, 2.75) is 70.1 Å². The second-order valence-electron chi connectivity index (χ2n) is 9.03. The monoisotopic (exact) mass is 452 g/mol. The van der Waals surface area contributed by atoms with E-state index in [9.17, 15) is 14.4 Å². The maximum atomic E-state index is 12.6. The zero-order chi connectivity index (χ0) is 23.0. The molecule has 3 N–H and O–H groups in total. The fourth-order valence-electron chi connectivity index (χ4n) is 4.14. The number of nitrogens with one attached hydrogen (secondary N) is 3. The van der Waals surface area contributed by atoms with E-state index in [1.807, 2.05) is 23.1 Å². The van der Waals surface area contributed by atoms with Crippen molar-refractivity contribution in [3.05, 3.63) is 59.5 Å². The van der Waals surface area contributed by atoms with Gasteiger partial charge in [-0.05, 0) is 55.5 Å². The van der Waals surface area contributed by atoms with Crippen molar-refractivity contribution in [3.63, 3.8) is 0 Å². The van der Waals surface area contributed by atoms with Gasteiger partial charge in [0.25, 0.3) is 5.91 Å². The summed E-state index contributed by atoms with van der Waals surface area (Å²) in [7, 11) is 0. The molecule has 8 nitrogen and oxygen atoms in total. The van der Waals surface area contributed by atoms with E-state index in [4.69, 9.17) is 4.42 Å². The quantitative estimate of drug-likeness (QED) is 0.541. The van der Waals surface area contributed by atoms with E-state index < -0.39 is 6.03 Å². The number of carbonyl (C=O) groups is 3. The third-order valence-corrected chi connectivity index (χ3v) is 6.05. The number of nitrogens with zero attached hydrogens (tertiary/aromatic N) is 1. The number of hydrogen-bond donors (Lipinski definition) is 3. The van der Waals surface area contributed by atoms with Gasteiger partial charge in [0.2, 0.25) is 5.91 Å². The van der Waals surface area contributed by atoms with Crippen LogP contribution >= 0.6 is 0 Å². The maximum Gasteiger partial charge on any atom is 0.321 e. The lowest BCUT2D eigenvalue weighted by atomic mass is 9.96. The normalized spacial score (nSPS) is 16.4. The zero-order valence-corrected chi connectivity index (χ0v) is 18.8. The summed E-state index contributed by atoms with van der Waals surface area (Å²) in [4.78, 5) is 38.9. The third-order valence-electron chi connectivity index (χ3n) is 6.05. The minimum atomic E-state index is -0.434. The molecule has 0 saturated heterocycles. The molecule has 4 amide bonds. The summed E-state index contributed by atoms with van der Waals surface area (Å²) in [5.41, 5.74) is 1.59. The van der Waals surface area contributed by atoms with Crippen LogP contribution in [0.4, 0.5) is 4.79 Å². The molecule has 8 heteroatoms. The van der Waals surface area contributed by atoms with Crippen LogP contribution in [-0.4, -0.2) is 41.4 Å². The number of urea groups is 1. The van der Waals surface area contributed by atoms with E-state index >= 15 is 0 Å². The van der Waals surface area contributed by atoms with Crippen molar-refractivity contribution in [1.82, 2.24) is 20.9 Å². The highest BCUT2D eigenvalue weighted by Crippen LogP contribution is 2.20. The number of benzene rings is 1. The van der Waals surface area contributed by atoms with E-state index in [1.165, 1.54) is 6.42 Å². The minimum Gasteiger partial charge on any atom is -0.468 e. The molecule has 0 radical (unpaired) electrons. The summed E-state index contributed by atoms with van der Waals surface area (Å²) in [6.07, 6.45) is 9.03. The molecule has 2 aliphatic rings. The second-order valence-corrected chi connectivity index (χ2v) is 9.03. The molecule has 0 atom stereocenters. The molecular weight excluding hydrogens is 420 g/mol. The molecule has 4 rings (SSSR count). The van der Waals surface area contributed by atoms with Gasteiger partial charge in [-0.3, -0.25) is 19.8 Å². The van der Waals surface area contributed by atoms with Gasteiger partial charge in [-0.25, -0.2) is 4.79 Å². The predicted molar refractivity (Wildman–Crippen MR) is 123 cm³/mol. The van der Waals surface area contributed by atoms with E-state index in [1.54, 1.807) is 24.5 Å². The van der Waals surface area contributed by atoms with Gasteiger partial charge in [0.1, 0.15) is 5.76 Å². The van der Waals surface area contributed by atoms with Crippen molar-refractivity contribution in [2.75, 3.05) is 6.54 Å². The SMILES string of the molecule is O=C(CN(Cc1ccc(C(=O)NC2CC2)cc1)Cc1ccco1)NC(=O)NC1CCCCC1. The lowest BCUT2D eigenvalue weighted by molar-refractivity contribution is -0.121. The van der Waals surface area contributed by atoms with Crippen LogP contribution in [0.15, 0.2) is 47.1 Å². The van der Waals surface area contributed by atoms with Crippen molar-refractivity contribution in [3.8, 4) is 0 Å². The van der Waals surface area contributed by atoms with E-state index in [0.717, 1.165) is 49.8 Å². The van der Waals surface area contributed by atoms with Crippen molar-refractivity contribution < 1.29 is 18.8 Å². The summed E-state index contributed by atoms with van der Waals surface area (Å²) in [5, 5.41) is 8.35. The van der Waals surface area contributed by atoms with Crippen LogP contribution in [0.2, 0.25) is 0 Å². The van der Waals surface area contributed by atoms with Crippen LogP contribution < -0.4 is 16.0 Å². The molecule has 2 saturated carbocycles. The van der Waals surface area contributed by atoms with Gasteiger partial charge < -0.3 is 15.1 Å². The summed E-state index contributed by atoms with van der Waals surface area (Å²) in [6, 6.07) is 11.1. The summed E-state index contributed by atoms with van der Waals surface area (Å²) >= 11 is 0. The molecule has 1 aromatic carbocycles. The smallest absolute Gasteiger partial charge is 0.321 e. The van der Waals surface area contributed by atoms with E-state index in [-0.39, 0.29) is 24.4 Å². The first-order valence-corrected chi connectivity index (χ1v) is 11.8. The Kier molecular flexibility index (Phi) is 7.78. The topological polar surface area (TPSA) is 104 Å². The first-order valence-electron chi connectivity index (χ1n) is 11.8. The number of amides is 4. The molecule has 2 aromatic rings. The van der Waals surface area contributed by atoms with E-state index in [2.05, 4.69) is 16.0 Å². The highest BCUT2D eigenvalue weighted by atomic mass is 16.3. The number of rotatable bonds is 9. The van der Waals surface area contributed by atoms with Gasteiger partial charge in [-0.2, -0.15) is 0 Å². The van der Waals surface area contributed by atoms with Gasteiger partial charge in [0, 0.05) is 24.2 Å². The van der Waals surface area contributed by atoms with Gasteiger partial charge in [0.05, 0.1) is 19.4 Å². The molecule has 0 spiro atoms. The maximum absolute atomic E-state index is 12.6. The fourth-order valence-corrected chi connectivity index (χ4v) is 4.14. The Morgan fingerprint density at radius 3 is 2.27 bits per heavy atom. The molecule has 0 unspecified atom stereocenters. The Labute approximate surface area is 194 Å². The zero-order valence-electron chi connectivity index (χ0n) is 18.8. The fraction of sp³-hybridized carbons (Fsp3) is 0.480. The van der Waals surface area contributed by atoms with Gasteiger partial charge in [-0.15, -0.1) is 0 Å². The Hall–Kier alpha value is -3.13. The van der Waals surface area contributed by atoms with Crippen LogP contribution in [0.3, 0.4) is 0 Å². The van der Waals surface area contributed by atoms with Crippen molar-refractivity contribution in [2.24, 2.45) is 0 Å². The predicted octanol–water partition coefficient (Wildman–Crippen LogP) is 3.33. The highest BCUT2D eigenvalue weighted by molar-refractivity contribution is 5.95. The van der Waals surface area contributed by atoms with Crippen LogP contribution in [0.1, 0.15) is 66.6 Å². The van der Waals surface area contributed by atoms with E-state index in [0.29, 0.717) is 24.7 Å². The number of carbonyl (C=O) groups excluding carboxylic acids is 3. The Bertz CT molecular complexity index is 932. The first-order chi connectivity index (χ1) is 16.0.